The molecule has 0 saturated heterocycles. The molecule has 0 spiro atoms. The Balaban J connectivity index is 1.36. The average molecular weight is 395 g/mol. The van der Waals surface area contributed by atoms with Crippen molar-refractivity contribution in [3.8, 4) is 5.69 Å². The van der Waals surface area contributed by atoms with Gasteiger partial charge in [0.1, 0.15) is 0 Å². The van der Waals surface area contributed by atoms with Gasteiger partial charge in [0.2, 0.25) is 5.91 Å². The summed E-state index contributed by atoms with van der Waals surface area (Å²) >= 11 is 0. The van der Waals surface area contributed by atoms with Crippen molar-refractivity contribution in [1.82, 2.24) is 9.78 Å². The molecule has 3 aromatic carbocycles. The number of anilines is 1. The minimum atomic E-state index is -0.105. The standard InChI is InChI=1S/C25H21N3O2/c29-24(15-14-19-17-26-28(18-19)23-12-5-2-6-13-23)27-22-11-7-10-21(16-22)25(30)20-8-3-1-4-9-20/h1-13,16-18H,14-15H2,(H,27,29). The normalized spacial score (nSPS) is 10.5. The molecule has 0 unspecified atom stereocenters. The molecule has 0 bridgehead atoms. The Morgan fingerprint density at radius 2 is 1.53 bits per heavy atom. The number of ketones is 1. The number of carbonyl (C=O) groups excluding carboxylic acids is 2. The van der Waals surface area contributed by atoms with Crippen molar-refractivity contribution < 1.29 is 9.59 Å². The van der Waals surface area contributed by atoms with Crippen molar-refractivity contribution in [2.24, 2.45) is 0 Å². The number of hydrogen-bond donors (Lipinski definition) is 1. The molecule has 30 heavy (non-hydrogen) atoms. The lowest BCUT2D eigenvalue weighted by Gasteiger charge is -2.07. The van der Waals surface area contributed by atoms with E-state index in [2.05, 4.69) is 10.4 Å². The maximum atomic E-state index is 12.6. The van der Waals surface area contributed by atoms with E-state index in [0.717, 1.165) is 11.3 Å². The van der Waals surface area contributed by atoms with Crippen LogP contribution >= 0.6 is 0 Å². The fraction of sp³-hybridized carbons (Fsp3) is 0.0800. The molecule has 1 heterocycles. The zero-order chi connectivity index (χ0) is 20.8. The van der Waals surface area contributed by atoms with E-state index < -0.39 is 0 Å². The van der Waals surface area contributed by atoms with Crippen LogP contribution in [0.3, 0.4) is 0 Å². The number of para-hydroxylation sites is 1. The van der Waals surface area contributed by atoms with Gasteiger partial charge >= 0.3 is 0 Å². The van der Waals surface area contributed by atoms with E-state index in [4.69, 9.17) is 0 Å². The van der Waals surface area contributed by atoms with Crippen molar-refractivity contribution in [2.75, 3.05) is 5.32 Å². The molecule has 1 amide bonds. The van der Waals surface area contributed by atoms with Gasteiger partial charge in [0.15, 0.2) is 5.78 Å². The molecule has 0 saturated carbocycles. The third-order valence-corrected chi connectivity index (χ3v) is 4.74. The number of aromatic nitrogens is 2. The van der Waals surface area contributed by atoms with E-state index in [-0.39, 0.29) is 11.7 Å². The second kappa shape index (κ2) is 9.01. The van der Waals surface area contributed by atoms with Crippen molar-refractivity contribution in [3.63, 3.8) is 0 Å². The highest BCUT2D eigenvalue weighted by Gasteiger charge is 2.10. The summed E-state index contributed by atoms with van der Waals surface area (Å²) in [6.45, 7) is 0. The molecule has 4 rings (SSSR count). The maximum Gasteiger partial charge on any atom is 0.224 e. The van der Waals surface area contributed by atoms with Crippen LogP contribution < -0.4 is 5.32 Å². The Morgan fingerprint density at radius 1 is 0.833 bits per heavy atom. The van der Waals surface area contributed by atoms with Crippen LogP contribution in [-0.4, -0.2) is 21.5 Å². The van der Waals surface area contributed by atoms with Crippen LogP contribution in [0.15, 0.2) is 97.3 Å². The number of nitrogens with one attached hydrogen (secondary N) is 1. The molecule has 0 atom stereocenters. The summed E-state index contributed by atoms with van der Waals surface area (Å²) in [5, 5.41) is 7.23. The first-order valence-corrected chi connectivity index (χ1v) is 9.78. The predicted octanol–water partition coefficient (Wildman–Crippen LogP) is 4.67. The topological polar surface area (TPSA) is 64.0 Å². The van der Waals surface area contributed by atoms with Gasteiger partial charge in [-0.25, -0.2) is 4.68 Å². The van der Waals surface area contributed by atoms with Gasteiger partial charge < -0.3 is 5.32 Å². The minimum absolute atomic E-state index is 0.0694. The van der Waals surface area contributed by atoms with Gasteiger partial charge in [-0.2, -0.15) is 5.10 Å². The third kappa shape index (κ3) is 4.70. The number of benzene rings is 3. The molecule has 0 aliphatic heterocycles. The fourth-order valence-corrected chi connectivity index (χ4v) is 3.19. The SMILES string of the molecule is O=C(CCc1cnn(-c2ccccc2)c1)Nc1cccc(C(=O)c2ccccc2)c1. The molecule has 5 heteroatoms. The number of aryl methyl sites for hydroxylation is 1. The summed E-state index contributed by atoms with van der Waals surface area (Å²) < 4.78 is 1.80. The van der Waals surface area contributed by atoms with Crippen LogP contribution in [0, 0.1) is 0 Å². The summed E-state index contributed by atoms with van der Waals surface area (Å²) in [7, 11) is 0. The lowest BCUT2D eigenvalue weighted by Crippen LogP contribution is -2.13. The minimum Gasteiger partial charge on any atom is -0.326 e. The van der Waals surface area contributed by atoms with Gasteiger partial charge in [0.05, 0.1) is 11.9 Å². The van der Waals surface area contributed by atoms with E-state index >= 15 is 0 Å². The predicted molar refractivity (Wildman–Crippen MR) is 117 cm³/mol. The van der Waals surface area contributed by atoms with Gasteiger partial charge in [-0.15, -0.1) is 0 Å². The Hall–Kier alpha value is -3.99. The van der Waals surface area contributed by atoms with Crippen molar-refractivity contribution in [1.29, 1.82) is 0 Å². The van der Waals surface area contributed by atoms with Crippen LogP contribution in [0.5, 0.6) is 0 Å². The molecular weight excluding hydrogens is 374 g/mol. The molecule has 0 fully saturated rings. The smallest absolute Gasteiger partial charge is 0.224 e. The van der Waals surface area contributed by atoms with E-state index in [1.54, 1.807) is 47.3 Å². The summed E-state index contributed by atoms with van der Waals surface area (Å²) in [5.41, 5.74) is 3.75. The highest BCUT2D eigenvalue weighted by molar-refractivity contribution is 6.09. The zero-order valence-electron chi connectivity index (χ0n) is 16.4. The quantitative estimate of drug-likeness (QED) is 0.462. The van der Waals surface area contributed by atoms with Crippen molar-refractivity contribution in [2.45, 2.75) is 12.8 Å². The van der Waals surface area contributed by atoms with E-state index in [1.165, 1.54) is 0 Å². The molecule has 0 radical (unpaired) electrons. The first-order chi connectivity index (χ1) is 14.7. The van der Waals surface area contributed by atoms with Crippen LogP contribution in [0.2, 0.25) is 0 Å². The number of nitrogens with zero attached hydrogens (tertiary/aromatic N) is 2. The summed E-state index contributed by atoms with van der Waals surface area (Å²) in [6.07, 6.45) is 4.62. The second-order valence-corrected chi connectivity index (χ2v) is 6.95. The maximum absolute atomic E-state index is 12.6. The van der Waals surface area contributed by atoms with Gasteiger partial charge in [-0.05, 0) is 36.2 Å². The summed E-state index contributed by atoms with van der Waals surface area (Å²) in [6, 6.07) is 26.0. The van der Waals surface area contributed by atoms with Crippen molar-refractivity contribution >= 4 is 17.4 Å². The van der Waals surface area contributed by atoms with E-state index in [1.807, 2.05) is 54.7 Å². The number of hydrogen-bond acceptors (Lipinski definition) is 3. The van der Waals surface area contributed by atoms with Gasteiger partial charge in [-0.3, -0.25) is 9.59 Å². The average Bonchev–Trinajstić information content (AvgIpc) is 3.28. The molecule has 4 aromatic rings. The number of rotatable bonds is 7. The largest absolute Gasteiger partial charge is 0.326 e. The number of carbonyl (C=O) groups is 2. The van der Waals surface area contributed by atoms with Crippen LogP contribution in [-0.2, 0) is 11.2 Å². The molecular formula is C25H21N3O2. The molecule has 0 aliphatic rings. The number of amides is 1. The van der Waals surface area contributed by atoms with E-state index in [9.17, 15) is 9.59 Å². The van der Waals surface area contributed by atoms with Crippen LogP contribution in [0.4, 0.5) is 5.69 Å². The Labute approximate surface area is 175 Å². The highest BCUT2D eigenvalue weighted by atomic mass is 16.1. The fourth-order valence-electron chi connectivity index (χ4n) is 3.19. The first-order valence-electron chi connectivity index (χ1n) is 9.78. The zero-order valence-corrected chi connectivity index (χ0v) is 16.4. The molecule has 0 aliphatic carbocycles. The highest BCUT2D eigenvalue weighted by Crippen LogP contribution is 2.16. The molecule has 148 valence electrons. The van der Waals surface area contributed by atoms with Gasteiger partial charge in [0, 0.05) is 29.4 Å². The summed E-state index contributed by atoms with van der Waals surface area (Å²) in [5.74, 6) is -0.174. The third-order valence-electron chi connectivity index (χ3n) is 4.74. The molecule has 5 nitrogen and oxygen atoms in total. The van der Waals surface area contributed by atoms with Crippen LogP contribution in [0.25, 0.3) is 5.69 Å². The van der Waals surface area contributed by atoms with Gasteiger partial charge in [-0.1, -0.05) is 60.7 Å². The first kappa shape index (κ1) is 19.3. The second-order valence-electron chi connectivity index (χ2n) is 6.95. The lowest BCUT2D eigenvalue weighted by molar-refractivity contribution is -0.116. The monoisotopic (exact) mass is 395 g/mol. The molecule has 1 aromatic heterocycles. The Morgan fingerprint density at radius 3 is 2.30 bits per heavy atom. The van der Waals surface area contributed by atoms with Crippen LogP contribution in [0.1, 0.15) is 27.9 Å². The Kier molecular flexibility index (Phi) is 5.80. The Bertz CT molecular complexity index is 1150. The summed E-state index contributed by atoms with van der Waals surface area (Å²) in [4.78, 5) is 25.0. The molecule has 1 N–H and O–H groups in total. The van der Waals surface area contributed by atoms with E-state index in [0.29, 0.717) is 29.7 Å². The van der Waals surface area contributed by atoms with Crippen molar-refractivity contribution in [3.05, 3.63) is 114 Å². The lowest BCUT2D eigenvalue weighted by atomic mass is 10.0. The van der Waals surface area contributed by atoms with Gasteiger partial charge in [0.25, 0.3) is 0 Å².